The lowest BCUT2D eigenvalue weighted by molar-refractivity contribution is 0.636. The molecule has 0 heterocycles. The molecule has 0 atom stereocenters. The summed E-state index contributed by atoms with van der Waals surface area (Å²) < 4.78 is -12.2. The van der Waals surface area contributed by atoms with Gasteiger partial charge in [0.2, 0.25) is 11.9 Å². The molecule has 0 aromatic heterocycles. The van der Waals surface area contributed by atoms with Gasteiger partial charge in [-0.3, -0.25) is 0 Å². The molecule has 0 aromatic rings. The molecule has 0 saturated heterocycles. The largest absolute Gasteiger partial charge is 0.227 e. The quantitative estimate of drug-likeness (QED) is 0.293. The van der Waals surface area contributed by atoms with Gasteiger partial charge in [-0.15, -0.1) is 0 Å². The van der Waals surface area contributed by atoms with Crippen LogP contribution in [0.5, 0.6) is 0 Å². The van der Waals surface area contributed by atoms with Crippen LogP contribution in [0.15, 0.2) is 10.1 Å². The maximum Gasteiger partial charge on any atom is 0.227 e. The van der Waals surface area contributed by atoms with E-state index >= 15 is 0 Å². The summed E-state index contributed by atoms with van der Waals surface area (Å²) in [6.07, 6.45) is 0. The van der Waals surface area contributed by atoms with Crippen LogP contribution in [-0.4, -0.2) is 20.6 Å². The fourth-order valence-electron chi connectivity index (χ4n) is 0.775. The van der Waals surface area contributed by atoms with E-state index in [4.69, 9.17) is 162 Å². The van der Waals surface area contributed by atoms with Gasteiger partial charge in [-0.05, 0) is 0 Å². The number of alkyl halides is 12. The Balaban J connectivity index is 6.15. The van der Waals surface area contributed by atoms with E-state index in [0.717, 1.165) is 0 Å². The van der Waals surface area contributed by atoms with Crippen molar-refractivity contribution >= 4 is 162 Å². The lowest BCUT2D eigenvalue weighted by Crippen LogP contribution is -2.56. The predicted molar refractivity (Wildman–Crippen MR) is 103 cm³/mol. The van der Waals surface area contributed by atoms with Crippen molar-refractivity contribution in [3.8, 4) is 0 Å². The summed E-state index contributed by atoms with van der Waals surface area (Å²) in [6.45, 7) is 0. The highest BCUT2D eigenvalue weighted by atomic mass is 35.6. The minimum absolute atomic E-state index is 0.613. The highest BCUT2D eigenvalue weighted by Crippen LogP contribution is 2.65. The number of allylic oxidation sites excluding steroid dienone is 2. The minimum atomic E-state index is -2.59. The first-order valence-electron chi connectivity index (χ1n) is 4.15. The summed E-state index contributed by atoms with van der Waals surface area (Å²) in [5.74, 6) is 0. The first kappa shape index (κ1) is 24.8. The van der Waals surface area contributed by atoms with Crippen molar-refractivity contribution in [2.24, 2.45) is 0 Å². The van der Waals surface area contributed by atoms with E-state index in [9.17, 15) is 0 Å². The fraction of sp³-hybridized carbons (Fsp3) is 0.714. The Kier molecular flexibility index (Phi) is 9.22. The van der Waals surface area contributed by atoms with Crippen molar-refractivity contribution in [1.29, 1.82) is 0 Å². The number of hydrogen-bond acceptors (Lipinski definition) is 0. The first-order valence-corrected chi connectivity index (χ1v) is 9.44. The van der Waals surface area contributed by atoms with Crippen LogP contribution in [0.2, 0.25) is 0 Å². The van der Waals surface area contributed by atoms with Gasteiger partial charge < -0.3 is 0 Å². The SMILES string of the molecule is ClC(=C(Cl)C(Cl)(Cl)C(Cl)(Cl)C(Cl)(Cl)C(Cl)(Cl)Cl)C(Cl)(Cl)Cl. The van der Waals surface area contributed by atoms with Gasteiger partial charge in [-0.25, -0.2) is 0 Å². The monoisotopic (exact) mass is 574 g/mol. The highest BCUT2D eigenvalue weighted by molar-refractivity contribution is 6.81. The Morgan fingerprint density at radius 1 is 0.476 bits per heavy atom. The third-order valence-electron chi connectivity index (χ3n) is 1.86. The molecule has 0 aliphatic rings. The third kappa shape index (κ3) is 5.16. The van der Waals surface area contributed by atoms with Gasteiger partial charge in [0.1, 0.15) is 0 Å². The van der Waals surface area contributed by atoms with Crippen LogP contribution in [0.3, 0.4) is 0 Å². The van der Waals surface area contributed by atoms with Crippen molar-refractivity contribution in [2.75, 3.05) is 0 Å². The molecular formula is C7Cl14. The van der Waals surface area contributed by atoms with Crippen LogP contribution >= 0.6 is 162 Å². The molecule has 0 saturated carbocycles. The van der Waals surface area contributed by atoms with E-state index in [1.54, 1.807) is 0 Å². The third-order valence-corrected chi connectivity index (χ3v) is 9.37. The van der Waals surface area contributed by atoms with Gasteiger partial charge in [0, 0.05) is 0 Å². The van der Waals surface area contributed by atoms with E-state index in [2.05, 4.69) is 0 Å². The minimum Gasteiger partial charge on any atom is -0.0943 e. The van der Waals surface area contributed by atoms with E-state index in [0.29, 0.717) is 0 Å². The van der Waals surface area contributed by atoms with Gasteiger partial charge in [0.15, 0.2) is 8.67 Å². The molecule has 0 aliphatic carbocycles. The van der Waals surface area contributed by atoms with Crippen molar-refractivity contribution in [2.45, 2.75) is 20.6 Å². The molecule has 0 amide bonds. The van der Waals surface area contributed by atoms with Crippen molar-refractivity contribution in [1.82, 2.24) is 0 Å². The summed E-state index contributed by atoms with van der Waals surface area (Å²) >= 11 is 80.7. The zero-order valence-electron chi connectivity index (χ0n) is 8.79. The smallest absolute Gasteiger partial charge is 0.0943 e. The molecule has 126 valence electrons. The van der Waals surface area contributed by atoms with Crippen LogP contribution in [-0.2, 0) is 0 Å². The molecule has 21 heavy (non-hydrogen) atoms. The second-order valence-corrected chi connectivity index (χ2v) is 12.6. The van der Waals surface area contributed by atoms with Gasteiger partial charge in [0.05, 0.1) is 10.1 Å². The van der Waals surface area contributed by atoms with Gasteiger partial charge >= 0.3 is 0 Å². The van der Waals surface area contributed by atoms with Crippen molar-refractivity contribution in [3.05, 3.63) is 10.1 Å². The van der Waals surface area contributed by atoms with Gasteiger partial charge in [-0.1, -0.05) is 162 Å². The molecule has 0 N–H and O–H groups in total. The van der Waals surface area contributed by atoms with Gasteiger partial charge in [0.25, 0.3) is 0 Å². The Bertz CT molecular complexity index is 420. The predicted octanol–water partition coefficient (Wildman–Crippen LogP) is 8.94. The molecule has 0 nitrogen and oxygen atoms in total. The van der Waals surface area contributed by atoms with E-state index in [1.165, 1.54) is 0 Å². The summed E-state index contributed by atoms with van der Waals surface area (Å²) in [4.78, 5) is 0. The summed E-state index contributed by atoms with van der Waals surface area (Å²) in [7, 11) is 0. The maximum atomic E-state index is 5.98. The highest BCUT2D eigenvalue weighted by Gasteiger charge is 2.69. The molecule has 14 heteroatoms. The zero-order valence-corrected chi connectivity index (χ0v) is 19.4. The molecule has 0 fully saturated rings. The van der Waals surface area contributed by atoms with E-state index in [1.807, 2.05) is 0 Å². The first-order chi connectivity index (χ1) is 8.82. The number of rotatable bonds is 3. The number of halogens is 14. The second kappa shape index (κ2) is 7.81. The normalized spacial score (nSPS) is 16.9. The molecular weight excluding hydrogens is 580 g/mol. The molecule has 0 aliphatic heterocycles. The zero-order chi connectivity index (χ0) is 17.7. The van der Waals surface area contributed by atoms with Crippen LogP contribution in [0.4, 0.5) is 0 Å². The lowest BCUT2D eigenvalue weighted by atomic mass is 10.2. The summed E-state index contributed by atoms with van der Waals surface area (Å²) in [5.41, 5.74) is 0. The number of hydrogen-bond donors (Lipinski definition) is 0. The van der Waals surface area contributed by atoms with Crippen molar-refractivity contribution in [3.63, 3.8) is 0 Å². The molecule has 0 rings (SSSR count). The van der Waals surface area contributed by atoms with E-state index < -0.39 is 30.6 Å². The topological polar surface area (TPSA) is 0 Å². The molecule has 0 radical (unpaired) electrons. The van der Waals surface area contributed by atoms with Crippen molar-refractivity contribution < 1.29 is 0 Å². The van der Waals surface area contributed by atoms with E-state index in [-0.39, 0.29) is 0 Å². The van der Waals surface area contributed by atoms with Crippen LogP contribution in [0.1, 0.15) is 0 Å². The average molecular weight is 580 g/mol. The average Bonchev–Trinajstić information content (AvgIpc) is 2.23. The summed E-state index contributed by atoms with van der Waals surface area (Å²) in [5, 5.41) is -1.30. The Morgan fingerprint density at radius 3 is 1.05 bits per heavy atom. The second-order valence-electron chi connectivity index (χ2n) is 3.35. The Labute approximate surface area is 190 Å². The Morgan fingerprint density at radius 2 is 0.810 bits per heavy atom. The van der Waals surface area contributed by atoms with Crippen LogP contribution in [0, 0.1) is 0 Å². The maximum absolute atomic E-state index is 5.98. The molecule has 0 spiro atoms. The molecule has 0 aromatic carbocycles. The summed E-state index contributed by atoms with van der Waals surface area (Å²) in [6, 6.07) is 0. The van der Waals surface area contributed by atoms with Gasteiger partial charge in [-0.2, -0.15) is 0 Å². The van der Waals surface area contributed by atoms with Crippen LogP contribution in [0.25, 0.3) is 0 Å². The Hall–Kier alpha value is 3.80. The standard InChI is InChI=1S/C7Cl14/c8-1(2(9)4(12,13)14)3(10,11)5(15,16)6(17,18)7(19,20)21. The van der Waals surface area contributed by atoms with Crippen LogP contribution < -0.4 is 0 Å². The fourth-order valence-corrected chi connectivity index (χ4v) is 3.96. The molecule has 0 unspecified atom stereocenters. The molecule has 0 bridgehead atoms. The lowest BCUT2D eigenvalue weighted by Gasteiger charge is -2.44.